The molecule has 0 aliphatic carbocycles. The lowest BCUT2D eigenvalue weighted by Crippen LogP contribution is -2.38. The number of urea groups is 2. The molecule has 0 rings (SSSR count). The Balaban J connectivity index is 3.91. The van der Waals surface area contributed by atoms with Crippen molar-refractivity contribution in [3.05, 3.63) is 0 Å². The Labute approximate surface area is 151 Å². The van der Waals surface area contributed by atoms with Crippen LogP contribution in [0.4, 0.5) is 9.59 Å². The highest BCUT2D eigenvalue weighted by Gasteiger charge is 2.25. The summed E-state index contributed by atoms with van der Waals surface area (Å²) in [6.45, 7) is 10.3. The molecular formula is C17H36N4O4. The van der Waals surface area contributed by atoms with Crippen molar-refractivity contribution >= 4 is 12.1 Å². The van der Waals surface area contributed by atoms with Crippen molar-refractivity contribution in [2.24, 2.45) is 0 Å². The number of carbonyl (C=O) groups is 2. The molecule has 0 aromatic rings. The first-order valence-electron chi connectivity index (χ1n) is 8.81. The van der Waals surface area contributed by atoms with Gasteiger partial charge in [-0.15, -0.1) is 0 Å². The molecule has 8 heteroatoms. The lowest BCUT2D eigenvalue weighted by atomic mass is 10.0. The summed E-state index contributed by atoms with van der Waals surface area (Å²) in [5.74, 6) is 0. The van der Waals surface area contributed by atoms with E-state index in [-0.39, 0.29) is 17.7 Å². The van der Waals surface area contributed by atoms with Crippen molar-refractivity contribution in [2.75, 3.05) is 40.4 Å². The molecule has 0 saturated carbocycles. The van der Waals surface area contributed by atoms with Gasteiger partial charge in [0, 0.05) is 33.8 Å². The topological polar surface area (TPSA) is 101 Å². The van der Waals surface area contributed by atoms with Gasteiger partial charge in [-0.05, 0) is 47.0 Å². The Hall–Kier alpha value is -1.54. The summed E-state index contributed by atoms with van der Waals surface area (Å²) >= 11 is 0. The third-order valence-electron chi connectivity index (χ3n) is 3.61. The van der Waals surface area contributed by atoms with Gasteiger partial charge in [0.25, 0.3) is 0 Å². The normalized spacial score (nSPS) is 11.8. The molecule has 4 amide bonds. The lowest BCUT2D eigenvalue weighted by Gasteiger charge is -2.32. The average Bonchev–Trinajstić information content (AvgIpc) is 2.56. The molecule has 0 unspecified atom stereocenters. The molecule has 4 N–H and O–H groups in total. The molecule has 0 aliphatic heterocycles. The average molecular weight is 360 g/mol. The number of rotatable bonds is 12. The van der Waals surface area contributed by atoms with Crippen molar-refractivity contribution in [1.29, 1.82) is 0 Å². The van der Waals surface area contributed by atoms with Gasteiger partial charge in [-0.25, -0.2) is 9.59 Å². The van der Waals surface area contributed by atoms with E-state index in [2.05, 4.69) is 21.3 Å². The molecule has 0 spiro atoms. The van der Waals surface area contributed by atoms with E-state index >= 15 is 0 Å². The molecule has 8 nitrogen and oxygen atoms in total. The quantitative estimate of drug-likeness (QED) is 0.397. The zero-order valence-electron chi connectivity index (χ0n) is 16.6. The zero-order chi connectivity index (χ0) is 19.3. The van der Waals surface area contributed by atoms with Crippen LogP contribution in [0.1, 0.15) is 47.0 Å². The SMILES string of the molecule is CNC(=O)NCCCOC(C)(C)COC(C)(C)CCCNC(=O)NC. The Kier molecular flexibility index (Phi) is 11.2. The minimum atomic E-state index is -0.398. The van der Waals surface area contributed by atoms with Crippen molar-refractivity contribution in [2.45, 2.75) is 58.2 Å². The van der Waals surface area contributed by atoms with Crippen LogP contribution in [-0.2, 0) is 9.47 Å². The Morgan fingerprint density at radius 3 is 1.84 bits per heavy atom. The van der Waals surface area contributed by atoms with Gasteiger partial charge in [-0.2, -0.15) is 0 Å². The molecular weight excluding hydrogens is 324 g/mol. The molecule has 0 radical (unpaired) electrons. The first-order valence-corrected chi connectivity index (χ1v) is 8.81. The van der Waals surface area contributed by atoms with E-state index in [1.165, 1.54) is 0 Å². The zero-order valence-corrected chi connectivity index (χ0v) is 16.6. The van der Waals surface area contributed by atoms with Crippen LogP contribution in [0.3, 0.4) is 0 Å². The molecule has 0 aromatic heterocycles. The van der Waals surface area contributed by atoms with Crippen LogP contribution in [0, 0.1) is 0 Å². The van der Waals surface area contributed by atoms with Crippen LogP contribution in [-0.4, -0.2) is 63.7 Å². The molecule has 0 aromatic carbocycles. The van der Waals surface area contributed by atoms with Gasteiger partial charge in [-0.3, -0.25) is 0 Å². The maximum absolute atomic E-state index is 11.1. The van der Waals surface area contributed by atoms with Gasteiger partial charge in [-0.1, -0.05) is 0 Å². The third-order valence-corrected chi connectivity index (χ3v) is 3.61. The number of amides is 4. The summed E-state index contributed by atoms with van der Waals surface area (Å²) in [5.41, 5.74) is -0.684. The maximum Gasteiger partial charge on any atom is 0.314 e. The number of hydrogen-bond acceptors (Lipinski definition) is 4. The molecule has 0 fully saturated rings. The number of nitrogens with one attached hydrogen (secondary N) is 4. The van der Waals surface area contributed by atoms with Crippen molar-refractivity contribution in [3.63, 3.8) is 0 Å². The summed E-state index contributed by atoms with van der Waals surface area (Å²) in [6, 6.07) is -0.352. The van der Waals surface area contributed by atoms with E-state index in [1.807, 2.05) is 27.7 Å². The standard InChI is InChI=1S/C17H36N4O4/c1-16(2,9-7-10-20-14(22)18-5)25-13-17(3,4)24-12-8-11-21-15(23)19-6/h7-13H2,1-6H3,(H2,18,20,22)(H2,19,21,23). The van der Waals surface area contributed by atoms with Crippen molar-refractivity contribution in [1.82, 2.24) is 21.3 Å². The van der Waals surface area contributed by atoms with Crippen LogP contribution < -0.4 is 21.3 Å². The number of carbonyl (C=O) groups excluding carboxylic acids is 2. The highest BCUT2D eigenvalue weighted by molar-refractivity contribution is 5.73. The summed E-state index contributed by atoms with van der Waals surface area (Å²) in [7, 11) is 3.18. The fourth-order valence-corrected chi connectivity index (χ4v) is 2.00. The van der Waals surface area contributed by atoms with E-state index in [1.54, 1.807) is 14.1 Å². The van der Waals surface area contributed by atoms with Gasteiger partial charge in [0.05, 0.1) is 17.8 Å². The van der Waals surface area contributed by atoms with Crippen LogP contribution in [0.2, 0.25) is 0 Å². The summed E-state index contributed by atoms with van der Waals surface area (Å²) in [5, 5.41) is 10.5. The first kappa shape index (κ1) is 23.5. The minimum absolute atomic E-state index is 0.167. The van der Waals surface area contributed by atoms with E-state index < -0.39 is 5.60 Å². The summed E-state index contributed by atoms with van der Waals surface area (Å²) in [6.07, 6.45) is 2.42. The predicted octanol–water partition coefficient (Wildman–Crippen LogP) is 1.61. The minimum Gasteiger partial charge on any atom is -0.373 e. The molecule has 0 atom stereocenters. The first-order chi connectivity index (χ1) is 11.6. The Morgan fingerprint density at radius 1 is 0.800 bits per heavy atom. The second-order valence-corrected chi connectivity index (χ2v) is 7.13. The lowest BCUT2D eigenvalue weighted by molar-refractivity contribution is -0.122. The Bertz CT molecular complexity index is 400. The van der Waals surface area contributed by atoms with E-state index in [9.17, 15) is 9.59 Å². The van der Waals surface area contributed by atoms with Crippen LogP contribution in [0.15, 0.2) is 0 Å². The highest BCUT2D eigenvalue weighted by Crippen LogP contribution is 2.20. The molecule has 0 heterocycles. The highest BCUT2D eigenvalue weighted by atomic mass is 16.6. The van der Waals surface area contributed by atoms with Crippen LogP contribution >= 0.6 is 0 Å². The molecule has 148 valence electrons. The van der Waals surface area contributed by atoms with Gasteiger partial charge in [0.1, 0.15) is 0 Å². The number of ether oxygens (including phenoxy) is 2. The van der Waals surface area contributed by atoms with Crippen LogP contribution in [0.25, 0.3) is 0 Å². The number of hydrogen-bond donors (Lipinski definition) is 4. The second kappa shape index (κ2) is 11.9. The van der Waals surface area contributed by atoms with Gasteiger partial charge < -0.3 is 30.7 Å². The van der Waals surface area contributed by atoms with E-state index in [4.69, 9.17) is 9.47 Å². The molecule has 25 heavy (non-hydrogen) atoms. The van der Waals surface area contributed by atoms with Crippen molar-refractivity contribution < 1.29 is 19.1 Å². The molecule has 0 bridgehead atoms. The summed E-state index contributed by atoms with van der Waals surface area (Å²) < 4.78 is 11.9. The monoisotopic (exact) mass is 360 g/mol. The van der Waals surface area contributed by atoms with Gasteiger partial charge in [0.2, 0.25) is 0 Å². The maximum atomic E-state index is 11.1. The van der Waals surface area contributed by atoms with Gasteiger partial charge >= 0.3 is 12.1 Å². The largest absolute Gasteiger partial charge is 0.373 e. The van der Waals surface area contributed by atoms with Gasteiger partial charge in [0.15, 0.2) is 0 Å². The Morgan fingerprint density at radius 2 is 1.32 bits per heavy atom. The summed E-state index contributed by atoms with van der Waals surface area (Å²) in [4.78, 5) is 22.1. The predicted molar refractivity (Wildman–Crippen MR) is 98.8 cm³/mol. The van der Waals surface area contributed by atoms with E-state index in [0.29, 0.717) is 26.3 Å². The van der Waals surface area contributed by atoms with E-state index in [0.717, 1.165) is 19.3 Å². The third kappa shape index (κ3) is 13.4. The second-order valence-electron chi connectivity index (χ2n) is 7.13. The fraction of sp³-hybridized carbons (Fsp3) is 0.882. The van der Waals surface area contributed by atoms with Crippen LogP contribution in [0.5, 0.6) is 0 Å². The molecule has 0 saturated heterocycles. The van der Waals surface area contributed by atoms with Crippen molar-refractivity contribution in [3.8, 4) is 0 Å². The fourth-order valence-electron chi connectivity index (χ4n) is 2.00. The molecule has 0 aliphatic rings. The smallest absolute Gasteiger partial charge is 0.314 e.